The molecule has 0 unspecified atom stereocenters. The second kappa shape index (κ2) is 9.82. The molecule has 0 aliphatic carbocycles. The first-order valence-electron chi connectivity index (χ1n) is 8.50. The first-order chi connectivity index (χ1) is 13.1. The van der Waals surface area contributed by atoms with Crippen LogP contribution >= 0.6 is 31.9 Å². The van der Waals surface area contributed by atoms with Crippen molar-refractivity contribution in [1.82, 2.24) is 0 Å². The van der Waals surface area contributed by atoms with Gasteiger partial charge in [-0.25, -0.2) is 0 Å². The predicted octanol–water partition coefficient (Wildman–Crippen LogP) is 5.11. The summed E-state index contributed by atoms with van der Waals surface area (Å²) in [5.41, 5.74) is 0.427. The largest absolute Gasteiger partial charge is 0.297 e. The Morgan fingerprint density at radius 3 is 1.39 bits per heavy atom. The van der Waals surface area contributed by atoms with Crippen molar-refractivity contribution in [1.29, 1.82) is 0 Å². The van der Waals surface area contributed by atoms with Gasteiger partial charge in [0.05, 0.1) is 13.2 Å². The van der Waals surface area contributed by atoms with Crippen molar-refractivity contribution in [2.45, 2.75) is 36.5 Å². The third-order valence-electron chi connectivity index (χ3n) is 3.60. The molecule has 2 rings (SSSR count). The third kappa shape index (κ3) is 5.64. The smallest absolute Gasteiger partial charge is 0.266 e. The molecule has 0 saturated heterocycles. The molecular formula is C18H20Br2O6S2. The van der Waals surface area contributed by atoms with Crippen molar-refractivity contribution >= 4 is 52.1 Å². The minimum atomic E-state index is -4.09. The highest BCUT2D eigenvalue weighted by Crippen LogP contribution is 2.37. The first kappa shape index (κ1) is 23.5. The number of hydrogen-bond donors (Lipinski definition) is 0. The van der Waals surface area contributed by atoms with Crippen molar-refractivity contribution in [2.24, 2.45) is 0 Å². The van der Waals surface area contributed by atoms with Crippen LogP contribution in [-0.4, -0.2) is 30.0 Å². The van der Waals surface area contributed by atoms with Gasteiger partial charge in [-0.15, -0.1) is 0 Å². The van der Waals surface area contributed by atoms with E-state index in [2.05, 4.69) is 31.9 Å². The summed E-state index contributed by atoms with van der Waals surface area (Å²) in [7, 11) is -8.18. The summed E-state index contributed by atoms with van der Waals surface area (Å²) in [6, 6.07) is 9.14. The SMILES string of the molecule is CCCOS(=O)(=O)c1cc(Br)ccc1-c1ccc(Br)cc1S(=O)(=O)OCCC. The zero-order valence-corrected chi connectivity index (χ0v) is 20.1. The van der Waals surface area contributed by atoms with Crippen LogP contribution in [0.5, 0.6) is 0 Å². The Morgan fingerprint density at radius 1 is 0.714 bits per heavy atom. The van der Waals surface area contributed by atoms with Crippen molar-refractivity contribution in [3.8, 4) is 11.1 Å². The van der Waals surface area contributed by atoms with Crippen molar-refractivity contribution in [3.63, 3.8) is 0 Å². The normalized spacial score (nSPS) is 12.3. The minimum Gasteiger partial charge on any atom is -0.266 e. The second-order valence-corrected chi connectivity index (χ2v) is 10.8. The molecule has 0 aliphatic rings. The van der Waals surface area contributed by atoms with Gasteiger partial charge in [-0.2, -0.15) is 16.8 Å². The lowest BCUT2D eigenvalue weighted by Crippen LogP contribution is -2.11. The maximum Gasteiger partial charge on any atom is 0.297 e. The molecule has 0 radical (unpaired) electrons. The summed E-state index contributed by atoms with van der Waals surface area (Å²) in [6.07, 6.45) is 1.04. The van der Waals surface area contributed by atoms with E-state index in [-0.39, 0.29) is 34.1 Å². The van der Waals surface area contributed by atoms with Gasteiger partial charge < -0.3 is 0 Å². The Balaban J connectivity index is 2.73. The van der Waals surface area contributed by atoms with E-state index in [1.807, 2.05) is 0 Å². The summed E-state index contributed by atoms with van der Waals surface area (Å²) in [6.45, 7) is 3.64. The fourth-order valence-electron chi connectivity index (χ4n) is 2.36. The van der Waals surface area contributed by atoms with Crippen LogP contribution in [-0.2, 0) is 28.6 Å². The molecule has 0 N–H and O–H groups in total. The maximum atomic E-state index is 12.7. The zero-order valence-electron chi connectivity index (χ0n) is 15.3. The highest BCUT2D eigenvalue weighted by molar-refractivity contribution is 9.10. The fraction of sp³-hybridized carbons (Fsp3) is 0.333. The number of halogens is 2. The van der Waals surface area contributed by atoms with Crippen LogP contribution in [0.2, 0.25) is 0 Å². The van der Waals surface area contributed by atoms with Gasteiger partial charge in [-0.05, 0) is 37.1 Å². The van der Waals surface area contributed by atoms with Crippen molar-refractivity contribution < 1.29 is 25.2 Å². The lowest BCUT2D eigenvalue weighted by molar-refractivity contribution is 0.317. The number of rotatable bonds is 9. The minimum absolute atomic E-state index is 0.0272. The van der Waals surface area contributed by atoms with Crippen LogP contribution in [0.3, 0.4) is 0 Å². The van der Waals surface area contributed by atoms with E-state index in [0.717, 1.165) is 0 Å². The Kier molecular flexibility index (Phi) is 8.24. The van der Waals surface area contributed by atoms with Gasteiger partial charge in [0.2, 0.25) is 0 Å². The highest BCUT2D eigenvalue weighted by Gasteiger charge is 2.26. The van der Waals surface area contributed by atoms with E-state index in [1.54, 1.807) is 26.0 Å². The van der Waals surface area contributed by atoms with Gasteiger partial charge in [-0.3, -0.25) is 8.37 Å². The van der Waals surface area contributed by atoms with Crippen LogP contribution < -0.4 is 0 Å². The Morgan fingerprint density at radius 2 is 1.07 bits per heavy atom. The average molecular weight is 556 g/mol. The molecule has 28 heavy (non-hydrogen) atoms. The molecule has 2 aromatic carbocycles. The second-order valence-electron chi connectivity index (χ2n) is 5.83. The van der Waals surface area contributed by atoms with E-state index in [0.29, 0.717) is 21.8 Å². The highest BCUT2D eigenvalue weighted by atomic mass is 79.9. The summed E-state index contributed by atoms with van der Waals surface area (Å²) in [5.74, 6) is 0. The molecule has 0 amide bonds. The molecule has 0 saturated carbocycles. The van der Waals surface area contributed by atoms with Crippen LogP contribution in [0.25, 0.3) is 11.1 Å². The summed E-state index contributed by atoms with van der Waals surface area (Å²) < 4.78 is 62.0. The topological polar surface area (TPSA) is 86.7 Å². The van der Waals surface area contributed by atoms with E-state index < -0.39 is 20.2 Å². The summed E-state index contributed by atoms with van der Waals surface area (Å²) in [4.78, 5) is -0.242. The van der Waals surface area contributed by atoms with E-state index in [9.17, 15) is 16.8 Å². The van der Waals surface area contributed by atoms with E-state index in [1.165, 1.54) is 24.3 Å². The van der Waals surface area contributed by atoms with Crippen molar-refractivity contribution in [2.75, 3.05) is 13.2 Å². The summed E-state index contributed by atoms with van der Waals surface area (Å²) in [5, 5.41) is 0. The van der Waals surface area contributed by atoms with E-state index >= 15 is 0 Å². The number of benzene rings is 2. The third-order valence-corrected chi connectivity index (χ3v) is 7.29. The van der Waals surface area contributed by atoms with Gasteiger partial charge in [0.15, 0.2) is 0 Å². The molecule has 0 aromatic heterocycles. The molecule has 0 fully saturated rings. The molecule has 0 spiro atoms. The maximum absolute atomic E-state index is 12.7. The Bertz CT molecular complexity index is 964. The van der Waals surface area contributed by atoms with Gasteiger partial charge in [0.1, 0.15) is 9.79 Å². The lowest BCUT2D eigenvalue weighted by atomic mass is 10.1. The molecule has 0 bridgehead atoms. The Hall–Kier alpha value is -0.780. The van der Waals surface area contributed by atoms with Crippen LogP contribution in [0, 0.1) is 0 Å². The molecular weight excluding hydrogens is 536 g/mol. The van der Waals surface area contributed by atoms with Gasteiger partial charge in [0, 0.05) is 20.1 Å². The van der Waals surface area contributed by atoms with Crippen molar-refractivity contribution in [3.05, 3.63) is 45.3 Å². The van der Waals surface area contributed by atoms with Crippen LogP contribution in [0.15, 0.2) is 55.1 Å². The van der Waals surface area contributed by atoms with E-state index in [4.69, 9.17) is 8.37 Å². The number of hydrogen-bond acceptors (Lipinski definition) is 6. The molecule has 0 atom stereocenters. The fourth-order valence-corrected chi connectivity index (χ4v) is 5.85. The predicted molar refractivity (Wildman–Crippen MR) is 114 cm³/mol. The molecule has 0 aliphatic heterocycles. The Labute approximate surface area is 182 Å². The molecule has 10 heteroatoms. The lowest BCUT2D eigenvalue weighted by Gasteiger charge is -2.15. The quantitative estimate of drug-likeness (QED) is 0.400. The first-order valence-corrected chi connectivity index (χ1v) is 12.9. The molecule has 2 aromatic rings. The standard InChI is InChI=1S/C18H20Br2O6S2/c1-3-9-25-27(21,22)17-11-13(19)5-7-15(17)16-8-6-14(20)12-18(16)28(23,24)26-10-4-2/h5-8,11-12H,3-4,9-10H2,1-2H3. The van der Waals surface area contributed by atoms with Gasteiger partial charge in [-0.1, -0.05) is 57.8 Å². The average Bonchev–Trinajstić information content (AvgIpc) is 2.65. The monoisotopic (exact) mass is 554 g/mol. The van der Waals surface area contributed by atoms with Gasteiger partial charge >= 0.3 is 0 Å². The zero-order chi connectivity index (χ0) is 20.9. The van der Waals surface area contributed by atoms with Crippen LogP contribution in [0.1, 0.15) is 26.7 Å². The molecule has 154 valence electrons. The molecule has 6 nitrogen and oxygen atoms in total. The molecule has 0 heterocycles. The summed E-state index contributed by atoms with van der Waals surface area (Å²) >= 11 is 6.53. The van der Waals surface area contributed by atoms with Gasteiger partial charge in [0.25, 0.3) is 20.2 Å². The van der Waals surface area contributed by atoms with Crippen LogP contribution in [0.4, 0.5) is 0 Å².